The predicted octanol–water partition coefficient (Wildman–Crippen LogP) is 3.42. The van der Waals surface area contributed by atoms with Crippen molar-refractivity contribution in [2.24, 2.45) is 0 Å². The van der Waals surface area contributed by atoms with Crippen molar-refractivity contribution in [3.8, 4) is 11.5 Å². The fraction of sp³-hybridized carbons (Fsp3) is 0.333. The molecule has 0 saturated heterocycles. The van der Waals surface area contributed by atoms with Crippen LogP contribution in [0.25, 0.3) is 11.5 Å². The van der Waals surface area contributed by atoms with Crippen LogP contribution in [0.4, 0.5) is 5.69 Å². The predicted molar refractivity (Wildman–Crippen MR) is 70.5 cm³/mol. The van der Waals surface area contributed by atoms with Crippen LogP contribution in [0.1, 0.15) is 25.6 Å². The molecule has 2 N–H and O–H groups in total. The van der Waals surface area contributed by atoms with E-state index in [1.807, 2.05) is 18.2 Å². The van der Waals surface area contributed by atoms with Crippen molar-refractivity contribution < 1.29 is 4.52 Å². The van der Waals surface area contributed by atoms with Crippen molar-refractivity contribution in [1.29, 1.82) is 0 Å². The number of hydrogen-bond donors (Lipinski definition) is 1. The molecule has 2 rings (SSSR count). The Balaban J connectivity index is 2.24. The summed E-state index contributed by atoms with van der Waals surface area (Å²) in [5.74, 6) is 1.23. The molecule has 0 spiro atoms. The quantitative estimate of drug-likeness (QED) is 0.878. The second-order valence-corrected chi connectivity index (χ2v) is 4.77. The van der Waals surface area contributed by atoms with Gasteiger partial charge in [-0.2, -0.15) is 4.98 Å². The molecule has 0 radical (unpaired) electrons. The summed E-state index contributed by atoms with van der Waals surface area (Å²) in [7, 11) is 0. The summed E-state index contributed by atoms with van der Waals surface area (Å²) in [6.45, 7) is 2.13. The van der Waals surface area contributed by atoms with Gasteiger partial charge in [-0.25, -0.2) is 0 Å². The van der Waals surface area contributed by atoms with E-state index in [0.29, 0.717) is 11.6 Å². The first-order valence-corrected chi connectivity index (χ1v) is 6.38. The molecule has 5 heteroatoms. The first-order valence-electron chi connectivity index (χ1n) is 5.58. The zero-order chi connectivity index (χ0) is 12.3. The lowest BCUT2D eigenvalue weighted by molar-refractivity contribution is 0.421. The first kappa shape index (κ1) is 12.1. The van der Waals surface area contributed by atoms with Crippen LogP contribution in [-0.4, -0.2) is 10.1 Å². The molecule has 0 bridgehead atoms. The summed E-state index contributed by atoms with van der Waals surface area (Å²) in [4.78, 5) is 4.34. The van der Waals surface area contributed by atoms with E-state index in [9.17, 15) is 0 Å². The maximum Gasteiger partial charge on any atom is 0.260 e. The molecule has 4 nitrogen and oxygen atoms in total. The fourth-order valence-corrected chi connectivity index (χ4v) is 1.91. The Kier molecular flexibility index (Phi) is 3.78. The number of nitrogens with two attached hydrogens (primary N) is 1. The molecular weight excluding hydrogens is 282 g/mol. The fourth-order valence-electron chi connectivity index (χ4n) is 1.53. The summed E-state index contributed by atoms with van der Waals surface area (Å²) < 4.78 is 6.15. The van der Waals surface area contributed by atoms with E-state index in [1.54, 1.807) is 0 Å². The van der Waals surface area contributed by atoms with Crippen molar-refractivity contribution in [2.75, 3.05) is 5.73 Å². The zero-order valence-corrected chi connectivity index (χ0v) is 11.2. The SMILES string of the molecule is CCCCc1noc(-c2ccc(Br)cc2N)n1. The third-order valence-corrected chi connectivity index (χ3v) is 2.96. The molecule has 0 unspecified atom stereocenters. The highest BCUT2D eigenvalue weighted by atomic mass is 79.9. The van der Waals surface area contributed by atoms with Gasteiger partial charge in [0.15, 0.2) is 5.82 Å². The number of nitrogen functional groups attached to an aromatic ring is 1. The average molecular weight is 296 g/mol. The largest absolute Gasteiger partial charge is 0.398 e. The lowest BCUT2D eigenvalue weighted by atomic mass is 10.2. The van der Waals surface area contributed by atoms with E-state index in [0.717, 1.165) is 35.1 Å². The van der Waals surface area contributed by atoms with E-state index in [2.05, 4.69) is 33.0 Å². The molecule has 1 aromatic carbocycles. The monoisotopic (exact) mass is 295 g/mol. The minimum Gasteiger partial charge on any atom is -0.398 e. The van der Waals surface area contributed by atoms with Gasteiger partial charge in [0.05, 0.1) is 5.56 Å². The normalized spacial score (nSPS) is 10.7. The smallest absolute Gasteiger partial charge is 0.260 e. The highest BCUT2D eigenvalue weighted by Gasteiger charge is 2.11. The molecule has 90 valence electrons. The van der Waals surface area contributed by atoms with Gasteiger partial charge in [0.1, 0.15) is 0 Å². The van der Waals surface area contributed by atoms with Gasteiger partial charge < -0.3 is 10.3 Å². The van der Waals surface area contributed by atoms with Crippen LogP contribution in [0.2, 0.25) is 0 Å². The molecule has 0 aliphatic rings. The molecule has 1 aromatic heterocycles. The Morgan fingerprint density at radius 1 is 1.41 bits per heavy atom. The Morgan fingerprint density at radius 3 is 2.94 bits per heavy atom. The molecular formula is C12H14BrN3O. The van der Waals surface area contributed by atoms with E-state index >= 15 is 0 Å². The maximum atomic E-state index is 5.91. The molecule has 1 heterocycles. The molecule has 0 aliphatic carbocycles. The highest BCUT2D eigenvalue weighted by Crippen LogP contribution is 2.27. The van der Waals surface area contributed by atoms with Gasteiger partial charge in [0.2, 0.25) is 0 Å². The van der Waals surface area contributed by atoms with Crippen LogP contribution in [0.5, 0.6) is 0 Å². The summed E-state index contributed by atoms with van der Waals surface area (Å²) in [5, 5.41) is 3.94. The van der Waals surface area contributed by atoms with Crippen molar-refractivity contribution in [3.63, 3.8) is 0 Å². The van der Waals surface area contributed by atoms with Crippen LogP contribution < -0.4 is 5.73 Å². The molecule has 0 fully saturated rings. The number of nitrogens with zero attached hydrogens (tertiary/aromatic N) is 2. The molecule has 0 amide bonds. The number of aromatic nitrogens is 2. The minimum absolute atomic E-state index is 0.487. The number of aryl methyl sites for hydroxylation is 1. The number of rotatable bonds is 4. The Morgan fingerprint density at radius 2 is 2.24 bits per heavy atom. The van der Waals surface area contributed by atoms with E-state index < -0.39 is 0 Å². The molecule has 17 heavy (non-hydrogen) atoms. The van der Waals surface area contributed by atoms with E-state index in [1.165, 1.54) is 0 Å². The summed E-state index contributed by atoms with van der Waals surface area (Å²) >= 11 is 3.36. The van der Waals surface area contributed by atoms with Crippen LogP contribution in [-0.2, 0) is 6.42 Å². The van der Waals surface area contributed by atoms with Crippen molar-refractivity contribution in [2.45, 2.75) is 26.2 Å². The number of benzene rings is 1. The van der Waals surface area contributed by atoms with Crippen molar-refractivity contribution >= 4 is 21.6 Å². The average Bonchev–Trinajstić information content (AvgIpc) is 2.75. The number of halogens is 1. The van der Waals surface area contributed by atoms with Gasteiger partial charge in [-0.3, -0.25) is 0 Å². The van der Waals surface area contributed by atoms with Gasteiger partial charge in [0.25, 0.3) is 5.89 Å². The first-order chi connectivity index (χ1) is 8.20. The van der Waals surface area contributed by atoms with Crippen molar-refractivity contribution in [3.05, 3.63) is 28.5 Å². The van der Waals surface area contributed by atoms with Crippen LogP contribution in [0, 0.1) is 0 Å². The number of unbranched alkanes of at least 4 members (excludes halogenated alkanes) is 1. The van der Waals surface area contributed by atoms with Crippen LogP contribution in [0.15, 0.2) is 27.2 Å². The number of anilines is 1. The Hall–Kier alpha value is -1.36. The standard InChI is InChI=1S/C12H14BrN3O/c1-2-3-4-11-15-12(17-16-11)9-6-5-8(13)7-10(9)14/h5-7H,2-4,14H2,1H3. The third-order valence-electron chi connectivity index (χ3n) is 2.47. The van der Waals surface area contributed by atoms with E-state index in [-0.39, 0.29) is 0 Å². The summed E-state index contributed by atoms with van der Waals surface area (Å²) in [5.41, 5.74) is 7.32. The van der Waals surface area contributed by atoms with Gasteiger partial charge >= 0.3 is 0 Å². The van der Waals surface area contributed by atoms with Gasteiger partial charge in [-0.15, -0.1) is 0 Å². The lowest BCUT2D eigenvalue weighted by Crippen LogP contribution is -1.91. The number of hydrogen-bond acceptors (Lipinski definition) is 4. The second-order valence-electron chi connectivity index (χ2n) is 3.85. The molecule has 0 saturated carbocycles. The summed E-state index contributed by atoms with van der Waals surface area (Å²) in [6.07, 6.45) is 3.02. The molecule has 0 aliphatic heterocycles. The lowest BCUT2D eigenvalue weighted by Gasteiger charge is -2.00. The van der Waals surface area contributed by atoms with Gasteiger partial charge in [0, 0.05) is 16.6 Å². The van der Waals surface area contributed by atoms with Gasteiger partial charge in [-0.05, 0) is 24.6 Å². The van der Waals surface area contributed by atoms with Crippen LogP contribution in [0.3, 0.4) is 0 Å². The van der Waals surface area contributed by atoms with Crippen LogP contribution >= 0.6 is 15.9 Å². The third kappa shape index (κ3) is 2.85. The Labute approximate surface area is 108 Å². The van der Waals surface area contributed by atoms with Crippen molar-refractivity contribution in [1.82, 2.24) is 10.1 Å². The summed E-state index contributed by atoms with van der Waals surface area (Å²) in [6, 6.07) is 5.60. The Bertz CT molecular complexity index is 510. The van der Waals surface area contributed by atoms with E-state index in [4.69, 9.17) is 10.3 Å². The second kappa shape index (κ2) is 5.31. The highest BCUT2D eigenvalue weighted by molar-refractivity contribution is 9.10. The molecule has 0 atom stereocenters. The van der Waals surface area contributed by atoms with Gasteiger partial charge in [-0.1, -0.05) is 34.4 Å². The minimum atomic E-state index is 0.487. The molecule has 2 aromatic rings. The maximum absolute atomic E-state index is 5.91. The topological polar surface area (TPSA) is 64.9 Å². The zero-order valence-electron chi connectivity index (χ0n) is 9.61.